The fourth-order valence-corrected chi connectivity index (χ4v) is 4.16. The van der Waals surface area contributed by atoms with Crippen LogP contribution in [0, 0.1) is 5.41 Å². The first kappa shape index (κ1) is 13.9. The molecule has 2 rings (SSSR count). The standard InChI is InChI=1S/C15H22O2S/c1-14(2,11-16)13(17)15(9-6-10-15)18-12-7-4-3-5-8-12/h3-5,7-8,13,16-17H,6,9-11H2,1-2H3. The summed E-state index contributed by atoms with van der Waals surface area (Å²) >= 11 is 1.77. The van der Waals surface area contributed by atoms with Crippen molar-refractivity contribution in [3.8, 4) is 0 Å². The van der Waals surface area contributed by atoms with Crippen LogP contribution in [0.1, 0.15) is 33.1 Å². The van der Waals surface area contributed by atoms with Crippen molar-refractivity contribution in [3.05, 3.63) is 30.3 Å². The molecule has 0 saturated heterocycles. The van der Waals surface area contributed by atoms with Gasteiger partial charge in [-0.15, -0.1) is 11.8 Å². The molecule has 0 radical (unpaired) electrons. The van der Waals surface area contributed by atoms with Crippen LogP contribution in [0.4, 0.5) is 0 Å². The van der Waals surface area contributed by atoms with Crippen LogP contribution in [0.5, 0.6) is 0 Å². The van der Waals surface area contributed by atoms with E-state index in [4.69, 9.17) is 0 Å². The van der Waals surface area contributed by atoms with Gasteiger partial charge in [0, 0.05) is 15.1 Å². The number of hydrogen-bond acceptors (Lipinski definition) is 3. The average molecular weight is 266 g/mol. The number of aliphatic hydroxyl groups is 2. The van der Waals surface area contributed by atoms with Crippen molar-refractivity contribution in [3.63, 3.8) is 0 Å². The summed E-state index contributed by atoms with van der Waals surface area (Å²) in [7, 11) is 0. The summed E-state index contributed by atoms with van der Waals surface area (Å²) in [6, 6.07) is 10.2. The van der Waals surface area contributed by atoms with Gasteiger partial charge in [0.25, 0.3) is 0 Å². The van der Waals surface area contributed by atoms with Crippen LogP contribution in [-0.2, 0) is 0 Å². The van der Waals surface area contributed by atoms with Crippen molar-refractivity contribution in [2.24, 2.45) is 5.41 Å². The Kier molecular flexibility index (Phi) is 4.05. The molecular formula is C15H22O2S. The maximum absolute atomic E-state index is 10.6. The lowest BCUT2D eigenvalue weighted by Gasteiger charge is -2.50. The smallest absolute Gasteiger partial charge is 0.0763 e. The van der Waals surface area contributed by atoms with E-state index in [0.717, 1.165) is 12.8 Å². The van der Waals surface area contributed by atoms with Crippen molar-refractivity contribution in [2.75, 3.05) is 6.61 Å². The van der Waals surface area contributed by atoms with E-state index in [-0.39, 0.29) is 11.4 Å². The third-order valence-corrected chi connectivity index (χ3v) is 5.46. The lowest BCUT2D eigenvalue weighted by molar-refractivity contribution is -0.0363. The summed E-state index contributed by atoms with van der Waals surface area (Å²) in [5.74, 6) is 0. The van der Waals surface area contributed by atoms with Gasteiger partial charge in [0.05, 0.1) is 12.7 Å². The quantitative estimate of drug-likeness (QED) is 0.860. The molecule has 0 spiro atoms. The van der Waals surface area contributed by atoms with Gasteiger partial charge in [0.2, 0.25) is 0 Å². The van der Waals surface area contributed by atoms with Crippen molar-refractivity contribution in [1.82, 2.24) is 0 Å². The summed E-state index contributed by atoms with van der Waals surface area (Å²) in [6.07, 6.45) is 2.74. The van der Waals surface area contributed by atoms with E-state index >= 15 is 0 Å². The van der Waals surface area contributed by atoms with Crippen molar-refractivity contribution in [2.45, 2.75) is 48.9 Å². The summed E-state index contributed by atoms with van der Waals surface area (Å²) in [5.41, 5.74) is -0.442. The minimum Gasteiger partial charge on any atom is -0.396 e. The van der Waals surface area contributed by atoms with Crippen LogP contribution in [0.2, 0.25) is 0 Å². The first-order valence-electron chi connectivity index (χ1n) is 6.53. The molecule has 0 bridgehead atoms. The molecule has 18 heavy (non-hydrogen) atoms. The van der Waals surface area contributed by atoms with Crippen LogP contribution >= 0.6 is 11.8 Å². The van der Waals surface area contributed by atoms with E-state index in [1.54, 1.807) is 11.8 Å². The third-order valence-electron chi connectivity index (χ3n) is 3.91. The zero-order valence-corrected chi connectivity index (χ0v) is 11.9. The molecule has 0 aliphatic heterocycles. The maximum atomic E-state index is 10.6. The van der Waals surface area contributed by atoms with Gasteiger partial charge in [-0.05, 0) is 25.0 Å². The predicted octanol–water partition coefficient (Wildman–Crippen LogP) is 3.08. The molecule has 0 aromatic heterocycles. The Balaban J connectivity index is 2.16. The molecule has 1 aliphatic rings. The number of aliphatic hydroxyl groups excluding tert-OH is 2. The number of thioether (sulfide) groups is 1. The highest BCUT2D eigenvalue weighted by Gasteiger charge is 2.50. The van der Waals surface area contributed by atoms with Gasteiger partial charge >= 0.3 is 0 Å². The maximum Gasteiger partial charge on any atom is 0.0763 e. The molecule has 1 atom stereocenters. The Morgan fingerprint density at radius 2 is 1.89 bits per heavy atom. The molecule has 1 saturated carbocycles. The summed E-state index contributed by atoms with van der Waals surface area (Å²) in [4.78, 5) is 1.20. The van der Waals surface area contributed by atoms with E-state index in [1.807, 2.05) is 32.0 Å². The van der Waals surface area contributed by atoms with Crippen LogP contribution < -0.4 is 0 Å². The van der Waals surface area contributed by atoms with E-state index in [0.29, 0.717) is 0 Å². The van der Waals surface area contributed by atoms with Gasteiger partial charge in [0.1, 0.15) is 0 Å². The van der Waals surface area contributed by atoms with Crippen LogP contribution in [-0.4, -0.2) is 27.7 Å². The molecule has 2 N–H and O–H groups in total. The Hall–Kier alpha value is -0.510. The lowest BCUT2D eigenvalue weighted by atomic mass is 9.70. The Labute approximate surface area is 113 Å². The zero-order valence-electron chi connectivity index (χ0n) is 11.1. The molecule has 0 heterocycles. The van der Waals surface area contributed by atoms with Crippen LogP contribution in [0.3, 0.4) is 0 Å². The average Bonchev–Trinajstić information content (AvgIpc) is 2.34. The first-order chi connectivity index (χ1) is 8.50. The highest BCUT2D eigenvalue weighted by Crippen LogP contribution is 2.53. The van der Waals surface area contributed by atoms with Gasteiger partial charge in [-0.1, -0.05) is 38.5 Å². The molecule has 1 aliphatic carbocycles. The van der Waals surface area contributed by atoms with E-state index in [1.165, 1.54) is 11.3 Å². The van der Waals surface area contributed by atoms with E-state index in [9.17, 15) is 10.2 Å². The normalized spacial score (nSPS) is 20.2. The second kappa shape index (κ2) is 5.24. The predicted molar refractivity (Wildman–Crippen MR) is 75.8 cm³/mol. The SMILES string of the molecule is CC(C)(CO)C(O)C1(Sc2ccccc2)CCC1. The fraction of sp³-hybridized carbons (Fsp3) is 0.600. The highest BCUT2D eigenvalue weighted by atomic mass is 32.2. The van der Waals surface area contributed by atoms with Crippen LogP contribution in [0.15, 0.2) is 35.2 Å². The topological polar surface area (TPSA) is 40.5 Å². The first-order valence-corrected chi connectivity index (χ1v) is 7.35. The Bertz CT molecular complexity index is 385. The Morgan fingerprint density at radius 1 is 1.28 bits per heavy atom. The molecule has 0 amide bonds. The molecular weight excluding hydrogens is 244 g/mol. The van der Waals surface area contributed by atoms with Gasteiger partial charge in [-0.3, -0.25) is 0 Å². The lowest BCUT2D eigenvalue weighted by Crippen LogP contribution is -2.53. The van der Waals surface area contributed by atoms with Crippen molar-refractivity contribution < 1.29 is 10.2 Å². The van der Waals surface area contributed by atoms with Crippen LogP contribution in [0.25, 0.3) is 0 Å². The summed E-state index contributed by atoms with van der Waals surface area (Å²) in [5, 5.41) is 20.1. The van der Waals surface area contributed by atoms with Gasteiger partial charge in [0.15, 0.2) is 0 Å². The minimum atomic E-state index is -0.478. The van der Waals surface area contributed by atoms with E-state index < -0.39 is 11.5 Å². The molecule has 1 aromatic carbocycles. The van der Waals surface area contributed by atoms with Crippen molar-refractivity contribution >= 4 is 11.8 Å². The van der Waals surface area contributed by atoms with Crippen molar-refractivity contribution in [1.29, 1.82) is 0 Å². The summed E-state index contributed by atoms with van der Waals surface area (Å²) in [6.45, 7) is 3.89. The second-order valence-corrected chi connectivity index (χ2v) is 7.37. The zero-order chi connectivity index (χ0) is 13.2. The largest absolute Gasteiger partial charge is 0.396 e. The third kappa shape index (κ3) is 2.58. The van der Waals surface area contributed by atoms with Gasteiger partial charge in [-0.2, -0.15) is 0 Å². The van der Waals surface area contributed by atoms with Gasteiger partial charge < -0.3 is 10.2 Å². The number of rotatable bonds is 5. The van der Waals surface area contributed by atoms with E-state index in [2.05, 4.69) is 12.1 Å². The fourth-order valence-electron chi connectivity index (χ4n) is 2.48. The molecule has 1 unspecified atom stereocenters. The van der Waals surface area contributed by atoms with Gasteiger partial charge in [-0.25, -0.2) is 0 Å². The molecule has 1 aromatic rings. The minimum absolute atomic E-state index is 0.0191. The molecule has 100 valence electrons. The second-order valence-electron chi connectivity index (χ2n) is 5.88. The Morgan fingerprint density at radius 3 is 2.33 bits per heavy atom. The molecule has 3 heteroatoms. The number of benzene rings is 1. The monoisotopic (exact) mass is 266 g/mol. The summed E-state index contributed by atoms with van der Waals surface area (Å²) < 4.78 is -0.117. The highest BCUT2D eigenvalue weighted by molar-refractivity contribution is 8.00. The number of hydrogen-bond donors (Lipinski definition) is 2. The molecule has 2 nitrogen and oxygen atoms in total. The molecule has 1 fully saturated rings.